The average molecular weight is 284 g/mol. The Balaban J connectivity index is 1.95. The highest BCUT2D eigenvalue weighted by molar-refractivity contribution is 6.30. The summed E-state index contributed by atoms with van der Waals surface area (Å²) in [7, 11) is 0. The molecule has 1 spiro atoms. The standard InChI is InChI=1S/C14H19ClFN3/c15-11-8-12(16)13(18-9-11)19-7-6-17-10-14(19)4-2-1-3-5-14/h8-9,17H,1-7,10H2. The summed E-state index contributed by atoms with van der Waals surface area (Å²) < 4.78 is 14.2. The van der Waals surface area contributed by atoms with Crippen LogP contribution in [0.2, 0.25) is 5.02 Å². The molecule has 3 rings (SSSR count). The van der Waals surface area contributed by atoms with Crippen molar-refractivity contribution in [2.45, 2.75) is 37.6 Å². The molecule has 2 aliphatic rings. The summed E-state index contributed by atoms with van der Waals surface area (Å²) in [5.41, 5.74) is 0.0399. The van der Waals surface area contributed by atoms with E-state index in [4.69, 9.17) is 11.6 Å². The maximum atomic E-state index is 14.2. The topological polar surface area (TPSA) is 28.2 Å². The summed E-state index contributed by atoms with van der Waals surface area (Å²) in [4.78, 5) is 6.42. The van der Waals surface area contributed by atoms with Crippen molar-refractivity contribution in [3.05, 3.63) is 23.1 Å². The van der Waals surface area contributed by atoms with Gasteiger partial charge in [0.05, 0.1) is 10.6 Å². The molecule has 1 saturated carbocycles. The van der Waals surface area contributed by atoms with E-state index in [9.17, 15) is 4.39 Å². The maximum absolute atomic E-state index is 14.2. The first kappa shape index (κ1) is 13.1. The van der Waals surface area contributed by atoms with Crippen LogP contribution in [-0.2, 0) is 0 Å². The molecule has 0 unspecified atom stereocenters. The van der Waals surface area contributed by atoms with Gasteiger partial charge in [0.2, 0.25) is 0 Å². The maximum Gasteiger partial charge on any atom is 0.167 e. The Kier molecular flexibility index (Phi) is 3.63. The van der Waals surface area contributed by atoms with Crippen LogP contribution in [0.4, 0.5) is 10.2 Å². The van der Waals surface area contributed by atoms with Gasteiger partial charge in [-0.25, -0.2) is 9.37 Å². The van der Waals surface area contributed by atoms with Crippen molar-refractivity contribution in [3.8, 4) is 0 Å². The highest BCUT2D eigenvalue weighted by Crippen LogP contribution is 2.38. The minimum absolute atomic E-state index is 0.0399. The Bertz CT molecular complexity index is 452. The lowest BCUT2D eigenvalue weighted by Crippen LogP contribution is -2.62. The van der Waals surface area contributed by atoms with Crippen LogP contribution in [0.25, 0.3) is 0 Å². The third-order valence-electron chi connectivity index (χ3n) is 4.37. The minimum atomic E-state index is -0.306. The molecule has 2 fully saturated rings. The second-order valence-corrected chi connectivity index (χ2v) is 6.01. The van der Waals surface area contributed by atoms with Gasteiger partial charge in [0.25, 0.3) is 0 Å². The van der Waals surface area contributed by atoms with E-state index in [0.717, 1.165) is 32.5 Å². The van der Waals surface area contributed by atoms with E-state index in [1.807, 2.05) is 0 Å². The number of halogens is 2. The molecule has 0 amide bonds. The van der Waals surface area contributed by atoms with Gasteiger partial charge in [0.15, 0.2) is 11.6 Å². The molecule has 0 radical (unpaired) electrons. The molecule has 1 N–H and O–H groups in total. The summed E-state index contributed by atoms with van der Waals surface area (Å²) in [5.74, 6) is 0.159. The van der Waals surface area contributed by atoms with Gasteiger partial charge in [-0.2, -0.15) is 0 Å². The molecular formula is C14H19ClFN3. The first-order valence-corrected chi connectivity index (χ1v) is 7.38. The van der Waals surface area contributed by atoms with Crippen molar-refractivity contribution in [1.82, 2.24) is 10.3 Å². The highest BCUT2D eigenvalue weighted by atomic mass is 35.5. The number of rotatable bonds is 1. The van der Waals surface area contributed by atoms with Crippen LogP contribution < -0.4 is 10.2 Å². The first-order chi connectivity index (χ1) is 9.21. The molecule has 0 aromatic carbocycles. The molecule has 2 heterocycles. The predicted molar refractivity (Wildman–Crippen MR) is 75.2 cm³/mol. The van der Waals surface area contributed by atoms with Gasteiger partial charge in [0, 0.05) is 25.8 Å². The predicted octanol–water partition coefficient (Wildman–Crippen LogP) is 2.99. The summed E-state index contributed by atoms with van der Waals surface area (Å²) >= 11 is 5.80. The molecular weight excluding hydrogens is 265 g/mol. The van der Waals surface area contributed by atoms with Gasteiger partial charge in [-0.1, -0.05) is 30.9 Å². The lowest BCUT2D eigenvalue weighted by atomic mass is 9.79. The zero-order chi connectivity index (χ0) is 13.3. The molecule has 1 aliphatic carbocycles. The largest absolute Gasteiger partial charge is 0.346 e. The number of nitrogens with one attached hydrogen (secondary N) is 1. The SMILES string of the molecule is Fc1cc(Cl)cnc1N1CCNCC12CCCCC2. The number of aromatic nitrogens is 1. The quantitative estimate of drug-likeness (QED) is 0.859. The monoisotopic (exact) mass is 283 g/mol. The average Bonchev–Trinajstić information content (AvgIpc) is 2.41. The van der Waals surface area contributed by atoms with Crippen molar-refractivity contribution >= 4 is 17.4 Å². The molecule has 104 valence electrons. The fourth-order valence-corrected chi connectivity index (χ4v) is 3.58. The Hall–Kier alpha value is -0.870. The summed E-state index contributed by atoms with van der Waals surface area (Å²) in [6.07, 6.45) is 7.49. The minimum Gasteiger partial charge on any atom is -0.346 e. The summed E-state index contributed by atoms with van der Waals surface area (Å²) in [5, 5.41) is 3.81. The third kappa shape index (κ3) is 2.43. The Morgan fingerprint density at radius 2 is 2.11 bits per heavy atom. The second kappa shape index (κ2) is 5.25. The van der Waals surface area contributed by atoms with Gasteiger partial charge in [-0.05, 0) is 18.9 Å². The number of piperazine rings is 1. The fourth-order valence-electron chi connectivity index (χ4n) is 3.44. The van der Waals surface area contributed by atoms with Crippen LogP contribution >= 0.6 is 11.6 Å². The Morgan fingerprint density at radius 3 is 2.84 bits per heavy atom. The fraction of sp³-hybridized carbons (Fsp3) is 0.643. The van der Waals surface area contributed by atoms with Crippen LogP contribution in [0.15, 0.2) is 12.3 Å². The van der Waals surface area contributed by atoms with E-state index in [-0.39, 0.29) is 11.4 Å². The van der Waals surface area contributed by atoms with Gasteiger partial charge in [-0.15, -0.1) is 0 Å². The third-order valence-corrected chi connectivity index (χ3v) is 4.57. The van der Waals surface area contributed by atoms with Gasteiger partial charge >= 0.3 is 0 Å². The molecule has 0 bridgehead atoms. The molecule has 1 saturated heterocycles. The molecule has 3 nitrogen and oxygen atoms in total. The Morgan fingerprint density at radius 1 is 1.32 bits per heavy atom. The Labute approximate surface area is 118 Å². The van der Waals surface area contributed by atoms with Crippen molar-refractivity contribution in [1.29, 1.82) is 0 Å². The van der Waals surface area contributed by atoms with Gasteiger partial charge in [-0.3, -0.25) is 0 Å². The van der Waals surface area contributed by atoms with E-state index in [1.165, 1.54) is 25.3 Å². The van der Waals surface area contributed by atoms with Crippen molar-refractivity contribution in [3.63, 3.8) is 0 Å². The molecule has 1 aromatic rings. The molecule has 1 aliphatic heterocycles. The normalized spacial score (nSPS) is 22.7. The second-order valence-electron chi connectivity index (χ2n) is 5.57. The van der Waals surface area contributed by atoms with Crippen LogP contribution in [0.3, 0.4) is 0 Å². The number of hydrogen-bond acceptors (Lipinski definition) is 3. The molecule has 5 heteroatoms. The van der Waals surface area contributed by atoms with Gasteiger partial charge < -0.3 is 10.2 Å². The van der Waals surface area contributed by atoms with E-state index in [2.05, 4.69) is 15.2 Å². The number of hydrogen-bond donors (Lipinski definition) is 1. The van der Waals surface area contributed by atoms with Crippen molar-refractivity contribution in [2.24, 2.45) is 0 Å². The van der Waals surface area contributed by atoms with E-state index < -0.39 is 0 Å². The zero-order valence-electron chi connectivity index (χ0n) is 11.0. The summed E-state index contributed by atoms with van der Waals surface area (Å²) in [6, 6.07) is 1.36. The van der Waals surface area contributed by atoms with Crippen molar-refractivity contribution < 1.29 is 4.39 Å². The highest BCUT2D eigenvalue weighted by Gasteiger charge is 2.41. The lowest BCUT2D eigenvalue weighted by molar-refractivity contribution is 0.238. The molecule has 1 aromatic heterocycles. The van der Waals surface area contributed by atoms with Gasteiger partial charge in [0.1, 0.15) is 0 Å². The smallest absolute Gasteiger partial charge is 0.167 e. The van der Waals surface area contributed by atoms with Crippen LogP contribution in [0.5, 0.6) is 0 Å². The van der Waals surface area contributed by atoms with E-state index >= 15 is 0 Å². The van der Waals surface area contributed by atoms with Crippen LogP contribution in [-0.4, -0.2) is 30.2 Å². The molecule has 0 atom stereocenters. The zero-order valence-corrected chi connectivity index (χ0v) is 11.7. The molecule has 19 heavy (non-hydrogen) atoms. The number of nitrogens with zero attached hydrogens (tertiary/aromatic N) is 2. The van der Waals surface area contributed by atoms with Crippen LogP contribution in [0.1, 0.15) is 32.1 Å². The first-order valence-electron chi connectivity index (χ1n) is 7.01. The number of anilines is 1. The van der Waals surface area contributed by atoms with E-state index in [0.29, 0.717) is 10.8 Å². The van der Waals surface area contributed by atoms with Crippen molar-refractivity contribution in [2.75, 3.05) is 24.5 Å². The summed E-state index contributed by atoms with van der Waals surface area (Å²) in [6.45, 7) is 2.62. The van der Waals surface area contributed by atoms with E-state index in [1.54, 1.807) is 6.20 Å². The number of pyridine rings is 1. The van der Waals surface area contributed by atoms with Crippen LogP contribution in [0, 0.1) is 5.82 Å². The lowest BCUT2D eigenvalue weighted by Gasteiger charge is -2.50.